The number of amides is 12. The third-order valence-corrected chi connectivity index (χ3v) is 17.8. The smallest absolute Gasteiger partial charge is 0.407 e. The van der Waals surface area contributed by atoms with Crippen molar-refractivity contribution in [2.24, 2.45) is 35.3 Å². The van der Waals surface area contributed by atoms with Crippen LogP contribution in [0.5, 0.6) is 0 Å². The number of likely N-dealkylation sites (N-methyl/N-ethyl adjacent to an activating group) is 1. The number of nitrogens with two attached hydrogens (primary N) is 1. The third kappa shape index (κ3) is 24.6. The molecule has 2 heterocycles. The first-order valence-corrected chi connectivity index (χ1v) is 33.6. The molecule has 2 aromatic rings. The first-order valence-electron chi connectivity index (χ1n) is 33.6. The molecule has 96 heavy (non-hydrogen) atoms. The molecule has 0 radical (unpaired) electrons. The van der Waals surface area contributed by atoms with Crippen molar-refractivity contribution in [3.05, 3.63) is 77.9 Å². The highest BCUT2D eigenvalue weighted by molar-refractivity contribution is 6.12. The van der Waals surface area contributed by atoms with Gasteiger partial charge in [0.2, 0.25) is 35.4 Å². The van der Waals surface area contributed by atoms with E-state index in [0.29, 0.717) is 61.9 Å². The Bertz CT molecular complexity index is 2910. The second kappa shape index (κ2) is 39.9. The Labute approximate surface area is 565 Å². The molecule has 0 bridgehead atoms. The molecule has 2 aliphatic rings. The minimum absolute atomic E-state index is 0.0735. The van der Waals surface area contributed by atoms with Gasteiger partial charge >= 0.3 is 12.1 Å². The monoisotopic (exact) mass is 1350 g/mol. The number of rotatable bonds is 40. The average molecular weight is 1350 g/mol. The summed E-state index contributed by atoms with van der Waals surface area (Å²) >= 11 is 0. The lowest BCUT2D eigenvalue weighted by molar-refractivity contribution is -0.148. The van der Waals surface area contributed by atoms with E-state index in [-0.39, 0.29) is 93.2 Å². The number of primary amides is 1. The number of nitrogens with one attached hydrogen (secondary N) is 7. The highest BCUT2D eigenvalue weighted by Gasteiger charge is 2.44. The number of likely N-dealkylation sites (tertiary alicyclic amines) is 1. The van der Waals surface area contributed by atoms with Crippen LogP contribution in [0.1, 0.15) is 157 Å². The summed E-state index contributed by atoms with van der Waals surface area (Å²) in [7, 11) is 4.57. The molecule has 27 nitrogen and oxygen atoms in total. The SMILES string of the molecule is CC[C@H](C)[C@@H]([C@@H](CC(=O)N1CCC[C@H]1[C@H](OC)[C@@H](C)C(=O)N[C@H](C)[C@@H](O)c1ccccc1)OC)N(C)C(=O)[C@@H](NC(=O)[C@H](O)[C@H](CC(C)C)NC(=O)OCc1ccc(NC(=O)[C@H](CCCNC(N)=O)NC(=O)[C@@H](NC(=O)CCCCCN2C(=O)C=CC2=O)C(C)C)cc1)C(C)C. The number of urea groups is 1. The van der Waals surface area contributed by atoms with Crippen LogP contribution in [0.3, 0.4) is 0 Å². The summed E-state index contributed by atoms with van der Waals surface area (Å²) in [4.78, 5) is 150. The average Bonchev–Trinajstić information content (AvgIpc) is 1.53. The van der Waals surface area contributed by atoms with Gasteiger partial charge in [0.05, 0.1) is 54.8 Å². The van der Waals surface area contributed by atoms with E-state index in [4.69, 9.17) is 19.9 Å². The van der Waals surface area contributed by atoms with Gasteiger partial charge in [-0.25, -0.2) is 9.59 Å². The van der Waals surface area contributed by atoms with Gasteiger partial charge < -0.3 is 77.2 Å². The topological polar surface area (TPSA) is 376 Å². The fraction of sp³-hybridized carbons (Fsp3) is 0.638. The zero-order chi connectivity index (χ0) is 71.5. The van der Waals surface area contributed by atoms with Gasteiger partial charge in [0.25, 0.3) is 17.7 Å². The Kier molecular flexibility index (Phi) is 33.4. The number of carbonyl (C=O) groups excluding carboxylic acids is 11. The highest BCUT2D eigenvalue weighted by atomic mass is 16.5. The summed E-state index contributed by atoms with van der Waals surface area (Å²) in [5, 5.41) is 41.6. The van der Waals surface area contributed by atoms with Crippen LogP contribution >= 0.6 is 0 Å². The fourth-order valence-corrected chi connectivity index (χ4v) is 12.1. The Morgan fingerprint density at radius 3 is 1.96 bits per heavy atom. The summed E-state index contributed by atoms with van der Waals surface area (Å²) in [6.45, 7) is 18.5. The normalized spacial score (nSPS) is 17.6. The molecule has 1 fully saturated rings. The van der Waals surface area contributed by atoms with E-state index < -0.39 is 120 Å². The van der Waals surface area contributed by atoms with Crippen molar-refractivity contribution in [3.8, 4) is 0 Å². The zero-order valence-electron chi connectivity index (χ0n) is 58.2. The largest absolute Gasteiger partial charge is 0.445 e. The minimum atomic E-state index is -1.84. The van der Waals surface area contributed by atoms with Crippen molar-refractivity contribution in [2.45, 2.75) is 213 Å². The van der Waals surface area contributed by atoms with E-state index >= 15 is 0 Å². The molecule has 2 aromatic carbocycles. The van der Waals surface area contributed by atoms with Crippen LogP contribution in [0, 0.1) is 29.6 Å². The molecule has 0 spiro atoms. The molecule has 534 valence electrons. The lowest BCUT2D eigenvalue weighted by Crippen LogP contribution is -2.60. The summed E-state index contributed by atoms with van der Waals surface area (Å²) in [5.41, 5.74) is 6.70. The van der Waals surface area contributed by atoms with Crippen LogP contribution in [0.2, 0.25) is 0 Å². The number of anilines is 1. The van der Waals surface area contributed by atoms with E-state index in [1.54, 1.807) is 89.9 Å². The maximum absolute atomic E-state index is 14.7. The van der Waals surface area contributed by atoms with Gasteiger partial charge in [-0.05, 0) is 98.8 Å². The standard InChI is InChI=1S/C69H107N11O16/c1-14-43(8)59(52(94-12)38-56(84)79-36-22-26-51(79)62(95-13)44(9)63(87)72-45(10)60(85)47-23-17-15-18-24-47)78(11)67(91)58(42(6)7)77-66(90)61(86)50(37-40(2)3)75-69(93)96-39-46-28-30-48(31-29-46)73-64(88)49(25-21-34-71-68(70)92)74-65(89)57(41(4)5)76-53(81)27-19-16-20-35-80-54(82)32-33-55(80)83/h15,17-18,23-24,28-33,40-45,49-52,57-62,85-86H,14,16,19-22,25-27,34-39H2,1-13H3,(H,72,87)(H,73,88)(H,74,89)(H,75,93)(H,76,81)(H,77,90)(H3,70,71,92)/t43-,44+,45+,49-,50-,51-,52+,57-,58-,59-,60+,61+,62+/m0/s1. The number of alkyl carbamates (subject to hydrolysis) is 1. The number of aliphatic hydroxyl groups excluding tert-OH is 2. The quantitative estimate of drug-likeness (QED) is 0.0325. The maximum atomic E-state index is 14.7. The minimum Gasteiger partial charge on any atom is -0.445 e. The molecule has 0 aromatic heterocycles. The fourth-order valence-electron chi connectivity index (χ4n) is 12.1. The van der Waals surface area contributed by atoms with Crippen LogP contribution in [0.25, 0.3) is 0 Å². The molecule has 0 saturated carbocycles. The van der Waals surface area contributed by atoms with Crippen molar-refractivity contribution in [3.63, 3.8) is 0 Å². The molecule has 1 saturated heterocycles. The van der Waals surface area contributed by atoms with Crippen LogP contribution in [-0.4, -0.2) is 192 Å². The van der Waals surface area contributed by atoms with Crippen molar-refractivity contribution in [1.29, 1.82) is 0 Å². The molecule has 0 unspecified atom stereocenters. The number of hydrogen-bond acceptors (Lipinski definition) is 16. The van der Waals surface area contributed by atoms with E-state index in [0.717, 1.165) is 4.90 Å². The second-order valence-corrected chi connectivity index (χ2v) is 26.3. The molecule has 11 N–H and O–H groups in total. The summed E-state index contributed by atoms with van der Waals surface area (Å²) < 4.78 is 17.5. The Hall–Kier alpha value is -8.01. The lowest BCUT2D eigenvalue weighted by Gasteiger charge is -2.41. The Balaban J connectivity index is 1.36. The molecule has 4 rings (SSSR count). The number of methoxy groups -OCH3 is 2. The molecule has 0 aliphatic carbocycles. The van der Waals surface area contributed by atoms with Crippen LogP contribution in [-0.2, 0) is 64.0 Å². The number of nitrogens with zero attached hydrogens (tertiary/aromatic N) is 3. The number of unbranched alkanes of at least 4 members (excludes halogenated alkanes) is 2. The van der Waals surface area contributed by atoms with Gasteiger partial charge in [0.1, 0.15) is 24.7 Å². The molecule has 12 amide bonds. The van der Waals surface area contributed by atoms with E-state index in [9.17, 15) is 63.0 Å². The first-order chi connectivity index (χ1) is 45.4. The molecule has 27 heteroatoms. The first kappa shape index (κ1) is 80.4. The van der Waals surface area contributed by atoms with Gasteiger partial charge in [-0.15, -0.1) is 0 Å². The van der Waals surface area contributed by atoms with E-state index in [1.165, 1.54) is 31.3 Å². The highest BCUT2D eigenvalue weighted by Crippen LogP contribution is 2.31. The zero-order valence-corrected chi connectivity index (χ0v) is 58.2. The number of aliphatic hydroxyl groups is 2. The predicted octanol–water partition coefficient (Wildman–Crippen LogP) is 4.49. The van der Waals surface area contributed by atoms with E-state index in [1.807, 2.05) is 45.9 Å². The van der Waals surface area contributed by atoms with Crippen LogP contribution < -0.4 is 43.0 Å². The van der Waals surface area contributed by atoms with Crippen molar-refractivity contribution in [2.75, 3.05) is 46.2 Å². The van der Waals surface area contributed by atoms with E-state index in [2.05, 4.69) is 37.2 Å². The Morgan fingerprint density at radius 2 is 1.38 bits per heavy atom. The van der Waals surface area contributed by atoms with Gasteiger partial charge in [-0.2, -0.15) is 0 Å². The van der Waals surface area contributed by atoms with Gasteiger partial charge in [0, 0.05) is 65.2 Å². The third-order valence-electron chi connectivity index (χ3n) is 17.8. The van der Waals surface area contributed by atoms with Crippen molar-refractivity contribution in [1.82, 2.24) is 46.6 Å². The number of hydrogen-bond donors (Lipinski definition) is 10. The van der Waals surface area contributed by atoms with Crippen LogP contribution in [0.15, 0.2) is 66.7 Å². The number of ether oxygens (including phenoxy) is 3. The Morgan fingerprint density at radius 1 is 0.729 bits per heavy atom. The molecule has 2 aliphatic heterocycles. The van der Waals surface area contributed by atoms with Crippen LogP contribution in [0.4, 0.5) is 15.3 Å². The summed E-state index contributed by atoms with van der Waals surface area (Å²) in [6, 6.07) is 8.32. The predicted molar refractivity (Wildman–Crippen MR) is 359 cm³/mol. The lowest BCUT2D eigenvalue weighted by atomic mass is 9.89. The second-order valence-electron chi connectivity index (χ2n) is 26.3. The number of carbonyl (C=O) groups is 11. The number of benzene rings is 2. The van der Waals surface area contributed by atoms with Crippen molar-refractivity contribution >= 4 is 71.0 Å². The van der Waals surface area contributed by atoms with Gasteiger partial charge in [0.15, 0.2) is 6.10 Å². The van der Waals surface area contributed by atoms with Crippen molar-refractivity contribution < 1.29 is 77.2 Å². The van der Waals surface area contributed by atoms with Gasteiger partial charge in [-0.1, -0.05) is 118 Å². The number of imide groups is 1. The molecule has 13 atom stereocenters. The summed E-state index contributed by atoms with van der Waals surface area (Å²) in [5.74, 6) is -6.30. The molecular formula is C69H107N11O16. The molecular weight excluding hydrogens is 1240 g/mol. The maximum Gasteiger partial charge on any atom is 0.407 e. The summed E-state index contributed by atoms with van der Waals surface area (Å²) in [6.07, 6.45) is 0.927. The van der Waals surface area contributed by atoms with Gasteiger partial charge in [-0.3, -0.25) is 48.1 Å².